The molecule has 1 heterocycles. The topological polar surface area (TPSA) is 60.9 Å². The van der Waals surface area contributed by atoms with Crippen LogP contribution in [0.4, 0.5) is 0 Å². The molecule has 1 saturated carbocycles. The summed E-state index contributed by atoms with van der Waals surface area (Å²) in [5.41, 5.74) is 0. The van der Waals surface area contributed by atoms with Crippen LogP contribution in [0.25, 0.3) is 0 Å². The van der Waals surface area contributed by atoms with Gasteiger partial charge in [-0.1, -0.05) is 19.3 Å². The van der Waals surface area contributed by atoms with Crippen LogP contribution in [0.15, 0.2) is 0 Å². The fourth-order valence-corrected chi connectivity index (χ4v) is 3.64. The Morgan fingerprint density at radius 3 is 2.43 bits per heavy atom. The highest BCUT2D eigenvalue weighted by Gasteiger charge is 2.32. The number of piperidine rings is 1. The van der Waals surface area contributed by atoms with E-state index in [0.717, 1.165) is 12.8 Å². The first-order valence-electron chi connectivity index (χ1n) is 8.21. The summed E-state index contributed by atoms with van der Waals surface area (Å²) in [5, 5.41) is 9.09. The van der Waals surface area contributed by atoms with Gasteiger partial charge in [0, 0.05) is 19.1 Å². The number of carboxylic acids is 1. The average molecular weight is 296 g/mol. The van der Waals surface area contributed by atoms with Gasteiger partial charge >= 0.3 is 5.97 Å². The standard InChI is InChI=1S/C16H28N2O3/c1-12-10-13(16(20)21)8-9-18(12)11-15(19)17(2)14-6-4-3-5-7-14/h12-14H,3-11H2,1-2H3,(H,20,21). The van der Waals surface area contributed by atoms with Crippen molar-refractivity contribution in [3.63, 3.8) is 0 Å². The summed E-state index contributed by atoms with van der Waals surface area (Å²) >= 11 is 0. The van der Waals surface area contributed by atoms with Gasteiger partial charge in [0.05, 0.1) is 12.5 Å². The van der Waals surface area contributed by atoms with E-state index in [-0.39, 0.29) is 17.9 Å². The van der Waals surface area contributed by atoms with Gasteiger partial charge in [-0.05, 0) is 39.2 Å². The Kier molecular flexibility index (Phi) is 5.62. The van der Waals surface area contributed by atoms with Crippen LogP contribution < -0.4 is 0 Å². The minimum atomic E-state index is -0.702. The number of carbonyl (C=O) groups is 2. The van der Waals surface area contributed by atoms with Crippen molar-refractivity contribution in [2.75, 3.05) is 20.1 Å². The van der Waals surface area contributed by atoms with Gasteiger partial charge in [-0.2, -0.15) is 0 Å². The third kappa shape index (κ3) is 4.19. The maximum absolute atomic E-state index is 12.4. The van der Waals surface area contributed by atoms with Crippen molar-refractivity contribution in [1.29, 1.82) is 0 Å². The highest BCUT2D eigenvalue weighted by molar-refractivity contribution is 5.78. The highest BCUT2D eigenvalue weighted by Crippen LogP contribution is 2.24. The van der Waals surface area contributed by atoms with Gasteiger partial charge in [-0.15, -0.1) is 0 Å². The SMILES string of the molecule is CC1CC(C(=O)O)CCN1CC(=O)N(C)C1CCCCC1. The Hall–Kier alpha value is -1.10. The largest absolute Gasteiger partial charge is 0.481 e. The summed E-state index contributed by atoms with van der Waals surface area (Å²) in [6, 6.07) is 0.571. The Morgan fingerprint density at radius 1 is 1.19 bits per heavy atom. The van der Waals surface area contributed by atoms with E-state index >= 15 is 0 Å². The van der Waals surface area contributed by atoms with Crippen LogP contribution >= 0.6 is 0 Å². The minimum absolute atomic E-state index is 0.170. The van der Waals surface area contributed by atoms with Crippen LogP contribution in [0.2, 0.25) is 0 Å². The number of carboxylic acid groups (broad SMARTS) is 1. The number of likely N-dealkylation sites (tertiary alicyclic amines) is 1. The van der Waals surface area contributed by atoms with Crippen LogP contribution in [0, 0.1) is 5.92 Å². The molecule has 2 unspecified atom stereocenters. The second-order valence-electron chi connectivity index (χ2n) is 6.68. The average Bonchev–Trinajstić information content (AvgIpc) is 2.49. The van der Waals surface area contributed by atoms with Crippen LogP contribution in [-0.2, 0) is 9.59 Å². The van der Waals surface area contributed by atoms with Gasteiger partial charge in [0.2, 0.25) is 5.91 Å². The third-order valence-electron chi connectivity index (χ3n) is 5.22. The molecule has 0 radical (unpaired) electrons. The van der Waals surface area contributed by atoms with Crippen molar-refractivity contribution in [2.24, 2.45) is 5.92 Å². The lowest BCUT2D eigenvalue weighted by Gasteiger charge is -2.38. The molecule has 1 aliphatic heterocycles. The van der Waals surface area contributed by atoms with Crippen molar-refractivity contribution in [1.82, 2.24) is 9.80 Å². The van der Waals surface area contributed by atoms with Crippen molar-refractivity contribution >= 4 is 11.9 Å². The molecule has 0 aromatic rings. The van der Waals surface area contributed by atoms with Crippen molar-refractivity contribution in [3.05, 3.63) is 0 Å². The molecular formula is C16H28N2O3. The van der Waals surface area contributed by atoms with Crippen LogP contribution in [0.3, 0.4) is 0 Å². The molecule has 2 fully saturated rings. The van der Waals surface area contributed by atoms with E-state index in [4.69, 9.17) is 5.11 Å². The molecule has 1 amide bonds. The fourth-order valence-electron chi connectivity index (χ4n) is 3.64. The summed E-state index contributed by atoms with van der Waals surface area (Å²) in [4.78, 5) is 27.6. The summed E-state index contributed by atoms with van der Waals surface area (Å²) in [5.74, 6) is -0.767. The maximum Gasteiger partial charge on any atom is 0.306 e. The summed E-state index contributed by atoms with van der Waals surface area (Å²) in [6.07, 6.45) is 7.29. The van der Waals surface area contributed by atoms with E-state index in [2.05, 4.69) is 4.90 Å². The van der Waals surface area contributed by atoms with E-state index in [0.29, 0.717) is 32.0 Å². The Morgan fingerprint density at radius 2 is 1.86 bits per heavy atom. The van der Waals surface area contributed by atoms with E-state index in [1.807, 2.05) is 18.9 Å². The van der Waals surface area contributed by atoms with Crippen molar-refractivity contribution in [3.8, 4) is 0 Å². The number of carbonyl (C=O) groups excluding carboxylic acids is 1. The minimum Gasteiger partial charge on any atom is -0.481 e. The van der Waals surface area contributed by atoms with E-state index < -0.39 is 5.97 Å². The van der Waals surface area contributed by atoms with Gasteiger partial charge in [-0.3, -0.25) is 14.5 Å². The molecular weight excluding hydrogens is 268 g/mol. The zero-order valence-electron chi connectivity index (χ0n) is 13.3. The first kappa shape index (κ1) is 16.3. The van der Waals surface area contributed by atoms with Crippen molar-refractivity contribution in [2.45, 2.75) is 64.0 Å². The molecule has 5 heteroatoms. The molecule has 2 atom stereocenters. The smallest absolute Gasteiger partial charge is 0.306 e. The molecule has 0 aromatic heterocycles. The van der Waals surface area contributed by atoms with Gasteiger partial charge in [0.25, 0.3) is 0 Å². The van der Waals surface area contributed by atoms with Gasteiger partial charge in [-0.25, -0.2) is 0 Å². The lowest BCUT2D eigenvalue weighted by molar-refractivity contribution is -0.144. The first-order chi connectivity index (χ1) is 9.99. The molecule has 21 heavy (non-hydrogen) atoms. The van der Waals surface area contributed by atoms with Crippen LogP contribution in [-0.4, -0.2) is 59.0 Å². The maximum atomic E-state index is 12.4. The lowest BCUT2D eigenvalue weighted by Crippen LogP contribution is -2.49. The summed E-state index contributed by atoms with van der Waals surface area (Å²) < 4.78 is 0. The third-order valence-corrected chi connectivity index (χ3v) is 5.22. The number of hydrogen-bond acceptors (Lipinski definition) is 3. The lowest BCUT2D eigenvalue weighted by atomic mass is 9.91. The molecule has 120 valence electrons. The van der Waals surface area contributed by atoms with E-state index in [1.54, 1.807) is 0 Å². The van der Waals surface area contributed by atoms with Gasteiger partial charge in [0.1, 0.15) is 0 Å². The molecule has 0 spiro atoms. The number of hydrogen-bond donors (Lipinski definition) is 1. The first-order valence-corrected chi connectivity index (χ1v) is 8.21. The number of rotatable bonds is 4. The number of nitrogens with zero attached hydrogens (tertiary/aromatic N) is 2. The molecule has 0 aromatic carbocycles. The molecule has 5 nitrogen and oxygen atoms in total. The normalized spacial score (nSPS) is 28.3. The van der Waals surface area contributed by atoms with E-state index in [9.17, 15) is 9.59 Å². The van der Waals surface area contributed by atoms with Crippen LogP contribution in [0.1, 0.15) is 51.9 Å². The fraction of sp³-hybridized carbons (Fsp3) is 0.875. The van der Waals surface area contributed by atoms with Crippen LogP contribution in [0.5, 0.6) is 0 Å². The van der Waals surface area contributed by atoms with Crippen molar-refractivity contribution < 1.29 is 14.7 Å². The molecule has 0 bridgehead atoms. The molecule has 1 N–H and O–H groups in total. The van der Waals surface area contributed by atoms with Gasteiger partial charge in [0.15, 0.2) is 0 Å². The number of amides is 1. The molecule has 1 aliphatic carbocycles. The summed E-state index contributed by atoms with van der Waals surface area (Å²) in [7, 11) is 1.92. The second-order valence-corrected chi connectivity index (χ2v) is 6.68. The number of likely N-dealkylation sites (N-methyl/N-ethyl adjacent to an activating group) is 1. The molecule has 2 rings (SSSR count). The van der Waals surface area contributed by atoms with E-state index in [1.165, 1.54) is 19.3 Å². The Bertz CT molecular complexity index is 380. The second kappa shape index (κ2) is 7.25. The Balaban J connectivity index is 1.83. The Labute approximate surface area is 127 Å². The monoisotopic (exact) mass is 296 g/mol. The zero-order valence-corrected chi connectivity index (χ0v) is 13.3. The summed E-state index contributed by atoms with van der Waals surface area (Å²) in [6.45, 7) is 3.17. The van der Waals surface area contributed by atoms with Gasteiger partial charge < -0.3 is 10.0 Å². The predicted molar refractivity (Wildman–Crippen MR) is 81.0 cm³/mol. The zero-order chi connectivity index (χ0) is 15.4. The number of aliphatic carboxylic acids is 1. The quantitative estimate of drug-likeness (QED) is 0.861. The predicted octanol–water partition coefficient (Wildman–Crippen LogP) is 1.96. The highest BCUT2D eigenvalue weighted by atomic mass is 16.4. The molecule has 1 saturated heterocycles. The molecule has 2 aliphatic rings.